The number of phenolic OH excluding ortho intramolecular Hbond substituents is 1. The largest absolute Gasteiger partial charge is 0.508 e. The van der Waals surface area contributed by atoms with Gasteiger partial charge in [0.1, 0.15) is 5.75 Å². The first-order chi connectivity index (χ1) is 8.59. The number of aromatic hydroxyl groups is 1. The fourth-order valence-corrected chi connectivity index (χ4v) is 2.36. The summed E-state index contributed by atoms with van der Waals surface area (Å²) in [6.07, 6.45) is -2.50. The lowest BCUT2D eigenvalue weighted by Gasteiger charge is -2.35. The molecule has 18 heavy (non-hydrogen) atoms. The molecule has 0 saturated carbocycles. The number of hydrogen-bond donors (Lipinski definition) is 2. The zero-order valence-corrected chi connectivity index (χ0v) is 10.4. The Morgan fingerprint density at radius 3 is 2.56 bits per heavy atom. The maximum atomic E-state index is 13.3. The summed E-state index contributed by atoms with van der Waals surface area (Å²) in [4.78, 5) is 1.73. The first-order valence-corrected chi connectivity index (χ1v) is 6.12. The minimum absolute atomic E-state index is 0.0515. The first kappa shape index (κ1) is 13.2. The molecule has 1 saturated heterocycles. The van der Waals surface area contributed by atoms with E-state index in [1.807, 2.05) is 6.92 Å². The summed E-state index contributed by atoms with van der Waals surface area (Å²) in [6, 6.07) is 3.84. The molecule has 1 aliphatic rings. The smallest absolute Gasteiger partial charge is 0.258 e. The molecule has 0 unspecified atom stereocenters. The topological polar surface area (TPSA) is 35.5 Å². The van der Waals surface area contributed by atoms with Crippen molar-refractivity contribution in [2.24, 2.45) is 0 Å². The molecule has 0 bridgehead atoms. The molecule has 1 atom stereocenters. The first-order valence-electron chi connectivity index (χ1n) is 6.12. The van der Waals surface area contributed by atoms with E-state index in [-0.39, 0.29) is 5.75 Å². The quantitative estimate of drug-likeness (QED) is 0.867. The minimum Gasteiger partial charge on any atom is -0.508 e. The highest BCUT2D eigenvalue weighted by molar-refractivity contribution is 5.38. The van der Waals surface area contributed by atoms with Crippen molar-refractivity contribution in [2.45, 2.75) is 19.4 Å². The second-order valence-electron chi connectivity index (χ2n) is 4.63. The zero-order chi connectivity index (χ0) is 13.1. The van der Waals surface area contributed by atoms with Crippen LogP contribution in [0.4, 0.5) is 8.78 Å². The monoisotopic (exact) mass is 256 g/mol. The molecule has 2 N–H and O–H groups in total. The molecule has 100 valence electrons. The van der Waals surface area contributed by atoms with Crippen molar-refractivity contribution in [3.8, 4) is 5.75 Å². The molecule has 3 nitrogen and oxygen atoms in total. The van der Waals surface area contributed by atoms with E-state index in [1.54, 1.807) is 17.0 Å². The molecule has 0 aliphatic carbocycles. The van der Waals surface area contributed by atoms with Crippen molar-refractivity contribution in [2.75, 3.05) is 26.2 Å². The number of phenols is 1. The van der Waals surface area contributed by atoms with Crippen LogP contribution in [0.1, 0.15) is 17.2 Å². The Hall–Kier alpha value is -1.20. The predicted octanol–water partition coefficient (Wildman–Crippen LogP) is 1.91. The van der Waals surface area contributed by atoms with Crippen LogP contribution in [0.15, 0.2) is 18.2 Å². The maximum absolute atomic E-state index is 13.3. The summed E-state index contributed by atoms with van der Waals surface area (Å²) >= 11 is 0. The summed E-state index contributed by atoms with van der Waals surface area (Å²) in [6.45, 7) is 4.39. The van der Waals surface area contributed by atoms with Crippen LogP contribution in [0.25, 0.3) is 0 Å². The second-order valence-corrected chi connectivity index (χ2v) is 4.63. The van der Waals surface area contributed by atoms with Gasteiger partial charge in [0.05, 0.1) is 6.04 Å². The third-order valence-corrected chi connectivity index (χ3v) is 3.29. The van der Waals surface area contributed by atoms with Gasteiger partial charge in [0.2, 0.25) is 0 Å². The number of benzene rings is 1. The third-order valence-electron chi connectivity index (χ3n) is 3.29. The van der Waals surface area contributed by atoms with Gasteiger partial charge in [-0.3, -0.25) is 4.90 Å². The maximum Gasteiger partial charge on any atom is 0.258 e. The van der Waals surface area contributed by atoms with Crippen LogP contribution in [0.2, 0.25) is 0 Å². The van der Waals surface area contributed by atoms with E-state index in [9.17, 15) is 13.9 Å². The number of alkyl halides is 2. The van der Waals surface area contributed by atoms with Gasteiger partial charge in [-0.2, -0.15) is 0 Å². The number of halogens is 2. The summed E-state index contributed by atoms with van der Waals surface area (Å²) in [5.74, 6) is -0.0515. The van der Waals surface area contributed by atoms with Gasteiger partial charge in [-0.1, -0.05) is 17.7 Å². The van der Waals surface area contributed by atoms with Gasteiger partial charge < -0.3 is 10.4 Å². The third kappa shape index (κ3) is 2.79. The standard InChI is InChI=1S/C13H18F2N2O/c1-9-2-3-11(18)10(8-9)12(13(14)15)17-6-4-16-5-7-17/h2-3,8,12-13,16,18H,4-7H2,1H3/t12-/m1/s1. The van der Waals surface area contributed by atoms with E-state index < -0.39 is 12.5 Å². The number of rotatable bonds is 3. The van der Waals surface area contributed by atoms with Crippen molar-refractivity contribution >= 4 is 0 Å². The van der Waals surface area contributed by atoms with Crippen molar-refractivity contribution in [1.82, 2.24) is 10.2 Å². The molecule has 5 heteroatoms. The van der Waals surface area contributed by atoms with Gasteiger partial charge >= 0.3 is 0 Å². The Morgan fingerprint density at radius 1 is 1.28 bits per heavy atom. The van der Waals surface area contributed by atoms with Gasteiger partial charge in [0.15, 0.2) is 0 Å². The summed E-state index contributed by atoms with van der Waals surface area (Å²) in [5.41, 5.74) is 1.20. The highest BCUT2D eigenvalue weighted by Crippen LogP contribution is 2.34. The molecular weight excluding hydrogens is 238 g/mol. The molecule has 1 fully saturated rings. The fourth-order valence-electron chi connectivity index (χ4n) is 2.36. The summed E-state index contributed by atoms with van der Waals surface area (Å²) < 4.78 is 26.6. The van der Waals surface area contributed by atoms with E-state index in [1.165, 1.54) is 6.07 Å². The van der Waals surface area contributed by atoms with Gasteiger partial charge in [0, 0.05) is 31.7 Å². The fraction of sp³-hybridized carbons (Fsp3) is 0.538. The van der Waals surface area contributed by atoms with E-state index in [2.05, 4.69) is 5.32 Å². The zero-order valence-electron chi connectivity index (χ0n) is 10.4. The van der Waals surface area contributed by atoms with Gasteiger partial charge in [0.25, 0.3) is 6.43 Å². The highest BCUT2D eigenvalue weighted by atomic mass is 19.3. The Balaban J connectivity index is 2.31. The Bertz CT molecular complexity index is 406. The molecule has 1 aromatic rings. The van der Waals surface area contributed by atoms with Crippen LogP contribution < -0.4 is 5.32 Å². The molecule has 0 aromatic heterocycles. The predicted molar refractivity (Wildman–Crippen MR) is 66.0 cm³/mol. The normalized spacial score (nSPS) is 19.1. The van der Waals surface area contributed by atoms with Crippen molar-refractivity contribution in [1.29, 1.82) is 0 Å². The van der Waals surface area contributed by atoms with Crippen LogP contribution in [-0.2, 0) is 0 Å². The number of piperazine rings is 1. The summed E-state index contributed by atoms with van der Waals surface area (Å²) in [5, 5.41) is 12.9. The van der Waals surface area contributed by atoms with E-state index in [0.29, 0.717) is 31.7 Å². The number of nitrogens with zero attached hydrogens (tertiary/aromatic N) is 1. The molecule has 0 radical (unpaired) electrons. The number of nitrogens with one attached hydrogen (secondary N) is 1. The number of aryl methyl sites for hydroxylation is 1. The lowest BCUT2D eigenvalue weighted by atomic mass is 10.0. The molecule has 1 aliphatic heterocycles. The Morgan fingerprint density at radius 2 is 1.94 bits per heavy atom. The highest BCUT2D eigenvalue weighted by Gasteiger charge is 2.31. The molecule has 1 aromatic carbocycles. The second kappa shape index (κ2) is 5.63. The lowest BCUT2D eigenvalue weighted by Crippen LogP contribution is -2.46. The molecular formula is C13H18F2N2O. The average molecular weight is 256 g/mol. The van der Waals surface area contributed by atoms with Gasteiger partial charge in [-0.05, 0) is 13.0 Å². The van der Waals surface area contributed by atoms with Crippen LogP contribution in [0.3, 0.4) is 0 Å². The van der Waals surface area contributed by atoms with Crippen LogP contribution >= 0.6 is 0 Å². The Labute approximate surface area is 105 Å². The molecule has 0 spiro atoms. The minimum atomic E-state index is -2.50. The summed E-state index contributed by atoms with van der Waals surface area (Å²) in [7, 11) is 0. The van der Waals surface area contributed by atoms with Crippen molar-refractivity contribution in [3.63, 3.8) is 0 Å². The molecule has 1 heterocycles. The molecule has 2 rings (SSSR count). The molecule has 0 amide bonds. The van der Waals surface area contributed by atoms with E-state index in [4.69, 9.17) is 0 Å². The Kier molecular flexibility index (Phi) is 4.14. The van der Waals surface area contributed by atoms with Crippen molar-refractivity contribution in [3.05, 3.63) is 29.3 Å². The van der Waals surface area contributed by atoms with Gasteiger partial charge in [-0.25, -0.2) is 8.78 Å². The van der Waals surface area contributed by atoms with E-state index in [0.717, 1.165) is 5.56 Å². The van der Waals surface area contributed by atoms with Crippen LogP contribution in [0, 0.1) is 6.92 Å². The van der Waals surface area contributed by atoms with E-state index >= 15 is 0 Å². The average Bonchev–Trinajstić information content (AvgIpc) is 2.35. The van der Waals surface area contributed by atoms with Crippen LogP contribution in [-0.4, -0.2) is 42.6 Å². The lowest BCUT2D eigenvalue weighted by molar-refractivity contribution is 0.0170. The number of hydrogen-bond acceptors (Lipinski definition) is 3. The van der Waals surface area contributed by atoms with Crippen LogP contribution in [0.5, 0.6) is 5.75 Å². The SMILES string of the molecule is Cc1ccc(O)c([C@H](C(F)F)N2CCNCC2)c1. The van der Waals surface area contributed by atoms with Gasteiger partial charge in [-0.15, -0.1) is 0 Å². The van der Waals surface area contributed by atoms with Crippen molar-refractivity contribution < 1.29 is 13.9 Å².